The van der Waals surface area contributed by atoms with E-state index in [9.17, 15) is 33.4 Å². The number of nitrogens with zero attached hydrogens (tertiary/aromatic N) is 3. The normalized spacial score (nSPS) is 25.1. The predicted octanol–water partition coefficient (Wildman–Crippen LogP) is 0.960. The van der Waals surface area contributed by atoms with Gasteiger partial charge in [-0.15, -0.1) is 0 Å². The summed E-state index contributed by atoms with van der Waals surface area (Å²) in [6, 6.07) is 0. The number of rotatable bonds is 7. The number of carbonyl (C=O) groups is 3. The number of amides is 2. The van der Waals surface area contributed by atoms with Gasteiger partial charge in [0.15, 0.2) is 6.10 Å². The summed E-state index contributed by atoms with van der Waals surface area (Å²) in [7, 11) is 1.38. The lowest BCUT2D eigenvalue weighted by Gasteiger charge is -2.34. The van der Waals surface area contributed by atoms with Crippen molar-refractivity contribution in [1.29, 1.82) is 0 Å². The third-order valence-corrected chi connectivity index (χ3v) is 5.70. The fourth-order valence-electron chi connectivity index (χ4n) is 3.22. The highest BCUT2D eigenvalue weighted by molar-refractivity contribution is 6.02. The number of halogens is 2. The van der Waals surface area contributed by atoms with Crippen LogP contribution in [0.4, 0.5) is 18.4 Å². The van der Waals surface area contributed by atoms with Gasteiger partial charge in [-0.2, -0.15) is 8.78 Å². The van der Waals surface area contributed by atoms with Gasteiger partial charge < -0.3 is 44.1 Å². The Balaban J connectivity index is 1.85. The molecule has 2 aliphatic rings. The zero-order valence-electron chi connectivity index (χ0n) is 23.5. The van der Waals surface area contributed by atoms with Crippen molar-refractivity contribution in [3.8, 4) is 0 Å². The first-order valence-electron chi connectivity index (χ1n) is 12.4. The quantitative estimate of drug-likeness (QED) is 0.249. The van der Waals surface area contributed by atoms with Crippen LogP contribution in [0.2, 0.25) is 0 Å². The molecule has 4 N–H and O–H groups in total. The van der Waals surface area contributed by atoms with Crippen molar-refractivity contribution in [3.05, 3.63) is 12.3 Å². The molecule has 0 bridgehead atoms. The zero-order chi connectivity index (χ0) is 30.6. The molecule has 14 nitrogen and oxygen atoms in total. The standard InChI is InChI=1S/C24H38F2N4O10/c1-22(2,3)17(33)39-18(23(4,5)6)40-21(36)29(7)10-11-37-20(35)28-14-8-9-30(19(34)27-14)16-24(25,26)15(32)13(12-31)38-16/h8-9,13,15-16,18-19,31-32,34H,10-12H2,1-7H3,(H,27,28,35)/t13?,15-,16-,18?,19?/m1/s1. The van der Waals surface area contributed by atoms with Crippen LogP contribution in [-0.4, -0.2) is 113 Å². The van der Waals surface area contributed by atoms with Crippen LogP contribution in [0.15, 0.2) is 17.3 Å². The van der Waals surface area contributed by atoms with Gasteiger partial charge in [0.25, 0.3) is 6.29 Å². The summed E-state index contributed by atoms with van der Waals surface area (Å²) >= 11 is 0. The number of alkyl carbamates (subject to hydrolysis) is 1. The molecule has 0 saturated carbocycles. The third kappa shape index (κ3) is 8.22. The Morgan fingerprint density at radius 2 is 1.82 bits per heavy atom. The number of amidine groups is 1. The maximum atomic E-state index is 14.3. The predicted molar refractivity (Wildman–Crippen MR) is 134 cm³/mol. The van der Waals surface area contributed by atoms with E-state index in [1.165, 1.54) is 7.05 Å². The van der Waals surface area contributed by atoms with E-state index >= 15 is 0 Å². The Bertz CT molecular complexity index is 995. The van der Waals surface area contributed by atoms with Crippen molar-refractivity contribution in [1.82, 2.24) is 15.1 Å². The molecular weight excluding hydrogens is 542 g/mol. The molecule has 5 atom stereocenters. The van der Waals surface area contributed by atoms with Crippen molar-refractivity contribution in [3.63, 3.8) is 0 Å². The Morgan fingerprint density at radius 1 is 1.20 bits per heavy atom. The summed E-state index contributed by atoms with van der Waals surface area (Å²) in [5, 5.41) is 31.1. The molecule has 16 heteroatoms. The third-order valence-electron chi connectivity index (χ3n) is 5.70. The number of hydrogen-bond donors (Lipinski definition) is 4. The lowest BCUT2D eigenvalue weighted by molar-refractivity contribution is -0.196. The van der Waals surface area contributed by atoms with Gasteiger partial charge in [-0.3, -0.25) is 10.1 Å². The number of hydrogen-bond acceptors (Lipinski definition) is 12. The topological polar surface area (TPSA) is 180 Å². The summed E-state index contributed by atoms with van der Waals surface area (Å²) in [6.07, 6.45) is -8.85. The lowest BCUT2D eigenvalue weighted by atomic mass is 9.94. The van der Waals surface area contributed by atoms with E-state index in [-0.39, 0.29) is 19.0 Å². The smallest absolute Gasteiger partial charge is 0.412 e. The lowest BCUT2D eigenvalue weighted by Crippen LogP contribution is -2.52. The molecule has 0 aromatic rings. The van der Waals surface area contributed by atoms with Crippen molar-refractivity contribution < 1.29 is 57.4 Å². The molecule has 1 saturated heterocycles. The van der Waals surface area contributed by atoms with Crippen LogP contribution in [0.3, 0.4) is 0 Å². The number of likely N-dealkylation sites (N-methyl/N-ethyl adjacent to an activating group) is 1. The molecule has 2 amide bonds. The first-order chi connectivity index (χ1) is 18.3. The van der Waals surface area contributed by atoms with E-state index in [1.54, 1.807) is 41.5 Å². The highest BCUT2D eigenvalue weighted by atomic mass is 19.3. The van der Waals surface area contributed by atoms with Gasteiger partial charge in [0.2, 0.25) is 12.6 Å². The molecule has 3 unspecified atom stereocenters. The summed E-state index contributed by atoms with van der Waals surface area (Å²) in [5.41, 5.74) is -1.53. The number of carbonyl (C=O) groups excluding carboxylic acids is 3. The maximum absolute atomic E-state index is 14.3. The summed E-state index contributed by atoms with van der Waals surface area (Å²) < 4.78 is 49.3. The molecule has 0 aromatic carbocycles. The van der Waals surface area contributed by atoms with E-state index in [4.69, 9.17) is 24.1 Å². The SMILES string of the molecule is CN(CCOC(=O)NC1=NC(O)N([C@@H]2OC(CO)[C@@H](O)C2(F)F)C=C1)C(=O)OC(OC(=O)C(C)(C)C)C(C)(C)C. The van der Waals surface area contributed by atoms with Gasteiger partial charge in [-0.1, -0.05) is 20.8 Å². The van der Waals surface area contributed by atoms with Gasteiger partial charge in [-0.05, 0) is 26.8 Å². The van der Waals surface area contributed by atoms with Crippen molar-refractivity contribution in [2.24, 2.45) is 15.8 Å². The first kappa shape index (κ1) is 33.1. The Labute approximate surface area is 230 Å². The van der Waals surface area contributed by atoms with Gasteiger partial charge in [-0.25, -0.2) is 14.6 Å². The second kappa shape index (κ2) is 12.6. The first-order valence-corrected chi connectivity index (χ1v) is 12.4. The minimum atomic E-state index is -3.83. The van der Waals surface area contributed by atoms with E-state index in [2.05, 4.69) is 10.3 Å². The number of alkyl halides is 2. The molecule has 0 radical (unpaired) electrons. The minimum Gasteiger partial charge on any atom is -0.447 e. The van der Waals surface area contributed by atoms with Crippen LogP contribution in [0.25, 0.3) is 0 Å². The highest BCUT2D eigenvalue weighted by Gasteiger charge is 2.61. The van der Waals surface area contributed by atoms with Gasteiger partial charge in [0.05, 0.1) is 18.6 Å². The molecule has 2 heterocycles. The number of ether oxygens (including phenoxy) is 4. The molecule has 40 heavy (non-hydrogen) atoms. The van der Waals surface area contributed by atoms with E-state index in [0.717, 1.165) is 17.2 Å². The molecule has 1 fully saturated rings. The van der Waals surface area contributed by atoms with Crippen molar-refractivity contribution in [2.75, 3.05) is 26.8 Å². The van der Waals surface area contributed by atoms with E-state index in [0.29, 0.717) is 4.90 Å². The summed E-state index contributed by atoms with van der Waals surface area (Å²) in [5.74, 6) is -4.60. The molecule has 2 rings (SSSR count). The number of aliphatic hydroxyl groups excluding tert-OH is 3. The fourth-order valence-corrected chi connectivity index (χ4v) is 3.22. The average molecular weight is 581 g/mol. The maximum Gasteiger partial charge on any atom is 0.412 e. The molecule has 0 aromatic heterocycles. The minimum absolute atomic E-state index is 0.0997. The Hall–Kier alpha value is -3.08. The second-order valence-electron chi connectivity index (χ2n) is 11.4. The fraction of sp³-hybridized carbons (Fsp3) is 0.750. The monoisotopic (exact) mass is 580 g/mol. The van der Waals surface area contributed by atoms with Crippen LogP contribution < -0.4 is 5.32 Å². The van der Waals surface area contributed by atoms with Crippen LogP contribution >= 0.6 is 0 Å². The van der Waals surface area contributed by atoms with Crippen LogP contribution in [0.1, 0.15) is 41.5 Å². The highest BCUT2D eigenvalue weighted by Crippen LogP contribution is 2.39. The van der Waals surface area contributed by atoms with E-state index < -0.39 is 72.6 Å². The zero-order valence-corrected chi connectivity index (χ0v) is 23.5. The van der Waals surface area contributed by atoms with Crippen LogP contribution in [0, 0.1) is 10.8 Å². The van der Waals surface area contributed by atoms with Gasteiger partial charge >= 0.3 is 24.1 Å². The molecule has 0 aliphatic carbocycles. The van der Waals surface area contributed by atoms with Crippen molar-refractivity contribution >= 4 is 24.0 Å². The van der Waals surface area contributed by atoms with Crippen LogP contribution in [-0.2, 0) is 23.7 Å². The molecule has 2 aliphatic heterocycles. The average Bonchev–Trinajstić information content (AvgIpc) is 3.05. The number of aliphatic hydroxyl groups is 3. The van der Waals surface area contributed by atoms with E-state index in [1.807, 2.05) is 0 Å². The Kier molecular flexibility index (Phi) is 10.4. The molecule has 228 valence electrons. The largest absolute Gasteiger partial charge is 0.447 e. The number of nitrogens with one attached hydrogen (secondary N) is 1. The van der Waals surface area contributed by atoms with Gasteiger partial charge in [0.1, 0.15) is 18.5 Å². The molecular formula is C24H38F2N4O10. The molecule has 0 spiro atoms. The summed E-state index contributed by atoms with van der Waals surface area (Å²) in [6.45, 7) is 8.94. The van der Waals surface area contributed by atoms with Gasteiger partial charge in [0, 0.05) is 18.7 Å². The Morgan fingerprint density at radius 3 is 2.33 bits per heavy atom. The summed E-state index contributed by atoms with van der Waals surface area (Å²) in [4.78, 5) is 42.3. The van der Waals surface area contributed by atoms with Crippen LogP contribution in [0.5, 0.6) is 0 Å². The number of esters is 1. The van der Waals surface area contributed by atoms with Crippen molar-refractivity contribution in [2.45, 2.75) is 78.5 Å². The second-order valence-corrected chi connectivity index (χ2v) is 11.4. The number of aliphatic imine (C=N–C) groups is 1.